The van der Waals surface area contributed by atoms with E-state index in [9.17, 15) is 9.90 Å². The van der Waals surface area contributed by atoms with E-state index in [4.69, 9.17) is 0 Å². The first-order valence-electron chi connectivity index (χ1n) is 13.3. The fraction of sp³-hybridized carbons (Fsp3) is 0.379. The molecule has 39 heavy (non-hydrogen) atoms. The van der Waals surface area contributed by atoms with Gasteiger partial charge in [-0.1, -0.05) is 6.07 Å². The first-order chi connectivity index (χ1) is 18.9. The van der Waals surface area contributed by atoms with Crippen LogP contribution in [0, 0.1) is 0 Å². The predicted molar refractivity (Wildman–Crippen MR) is 154 cm³/mol. The fourth-order valence-electron chi connectivity index (χ4n) is 4.77. The number of carbonyl (C=O) groups is 1. The molecule has 5 rings (SSSR count). The van der Waals surface area contributed by atoms with E-state index in [0.717, 1.165) is 79.0 Å². The molecule has 3 aromatic heterocycles. The lowest BCUT2D eigenvalue weighted by atomic mass is 10.0. The molecule has 0 radical (unpaired) electrons. The first-order valence-corrected chi connectivity index (χ1v) is 13.3. The van der Waals surface area contributed by atoms with Crippen molar-refractivity contribution in [1.29, 1.82) is 0 Å². The first kappa shape index (κ1) is 26.7. The Labute approximate surface area is 228 Å². The molecular weight excluding hydrogens is 492 g/mol. The Bertz CT molecular complexity index is 1410. The number of aromatic nitrogens is 4. The normalized spacial score (nSPS) is 14.7. The van der Waals surface area contributed by atoms with Crippen LogP contribution in [-0.4, -0.2) is 94.4 Å². The zero-order valence-electron chi connectivity index (χ0n) is 22.8. The minimum atomic E-state index is -0.298. The molecule has 3 N–H and O–H groups in total. The number of fused-ring (bicyclic) bond motifs is 1. The van der Waals surface area contributed by atoms with Gasteiger partial charge < -0.3 is 20.2 Å². The van der Waals surface area contributed by atoms with Crippen molar-refractivity contribution in [2.45, 2.75) is 25.5 Å². The minimum Gasteiger partial charge on any atom is -0.393 e. The third-order valence-corrected chi connectivity index (χ3v) is 7.15. The number of nitrogens with zero attached hydrogens (tertiary/aromatic N) is 6. The Kier molecular flexibility index (Phi) is 8.16. The maximum Gasteiger partial charge on any atom is 0.276 e. The van der Waals surface area contributed by atoms with E-state index in [-0.39, 0.29) is 12.0 Å². The van der Waals surface area contributed by atoms with E-state index in [0.29, 0.717) is 11.4 Å². The maximum atomic E-state index is 13.2. The number of carbonyl (C=O) groups excluding carboxylic acids is 1. The van der Waals surface area contributed by atoms with Crippen LogP contribution in [0.2, 0.25) is 0 Å². The molecule has 0 aliphatic carbocycles. The Morgan fingerprint density at radius 3 is 2.62 bits per heavy atom. The zero-order valence-corrected chi connectivity index (χ0v) is 22.8. The van der Waals surface area contributed by atoms with Crippen LogP contribution < -0.4 is 10.2 Å². The van der Waals surface area contributed by atoms with Crippen molar-refractivity contribution in [3.8, 4) is 11.1 Å². The van der Waals surface area contributed by atoms with E-state index in [2.05, 4.69) is 46.2 Å². The van der Waals surface area contributed by atoms with Gasteiger partial charge in [-0.25, -0.2) is 4.98 Å². The largest absolute Gasteiger partial charge is 0.393 e. The van der Waals surface area contributed by atoms with Crippen molar-refractivity contribution in [2.24, 2.45) is 0 Å². The number of amides is 1. The van der Waals surface area contributed by atoms with Gasteiger partial charge in [0.1, 0.15) is 5.82 Å². The number of pyridine rings is 2. The number of anilines is 2. The van der Waals surface area contributed by atoms with Gasteiger partial charge >= 0.3 is 0 Å². The van der Waals surface area contributed by atoms with Crippen LogP contribution >= 0.6 is 0 Å². The summed E-state index contributed by atoms with van der Waals surface area (Å²) in [7, 11) is 6.08. The Hall–Kier alpha value is -3.86. The fourth-order valence-corrected chi connectivity index (χ4v) is 4.77. The molecule has 1 aliphatic rings. The summed E-state index contributed by atoms with van der Waals surface area (Å²) in [6.07, 6.45) is 6.83. The molecule has 0 bridgehead atoms. The lowest BCUT2D eigenvalue weighted by molar-refractivity contribution is 0.0792. The van der Waals surface area contributed by atoms with E-state index in [1.54, 1.807) is 6.20 Å². The Morgan fingerprint density at radius 1 is 1.05 bits per heavy atom. The summed E-state index contributed by atoms with van der Waals surface area (Å²) < 4.78 is 0. The number of nitrogens with one attached hydrogen (secondary N) is 2. The quantitative estimate of drug-likeness (QED) is 0.304. The van der Waals surface area contributed by atoms with Crippen molar-refractivity contribution >= 4 is 28.3 Å². The number of aliphatic hydroxyl groups excluding tert-OH is 1. The van der Waals surface area contributed by atoms with Gasteiger partial charge in [0.05, 0.1) is 23.5 Å². The minimum absolute atomic E-state index is 0.186. The third kappa shape index (κ3) is 6.59. The number of likely N-dealkylation sites (tertiary alicyclic amines) is 1. The summed E-state index contributed by atoms with van der Waals surface area (Å²) in [5.41, 5.74) is 4.80. The molecule has 0 spiro atoms. The highest BCUT2D eigenvalue weighted by molar-refractivity contribution is 6.11. The summed E-state index contributed by atoms with van der Waals surface area (Å²) in [5, 5.41) is 20.7. The number of benzene rings is 1. The van der Waals surface area contributed by atoms with Crippen LogP contribution in [0.1, 0.15) is 28.9 Å². The van der Waals surface area contributed by atoms with Gasteiger partial charge in [0.2, 0.25) is 0 Å². The molecule has 1 amide bonds. The van der Waals surface area contributed by atoms with Crippen LogP contribution in [0.15, 0.2) is 55.0 Å². The van der Waals surface area contributed by atoms with Crippen LogP contribution in [0.3, 0.4) is 0 Å². The number of H-pyrrole nitrogens is 1. The maximum absolute atomic E-state index is 13.2. The number of likely N-dealkylation sites (N-methyl/N-ethyl adjacent to an activating group) is 2. The van der Waals surface area contributed by atoms with Gasteiger partial charge in [0, 0.05) is 63.1 Å². The molecule has 1 aliphatic heterocycles. The number of aliphatic hydroxyl groups is 1. The number of piperidine rings is 1. The average Bonchev–Trinajstić information content (AvgIpc) is 3.37. The molecule has 4 aromatic rings. The third-order valence-electron chi connectivity index (χ3n) is 7.15. The summed E-state index contributed by atoms with van der Waals surface area (Å²) >= 11 is 0. The summed E-state index contributed by atoms with van der Waals surface area (Å²) in [6.45, 7) is 4.35. The number of hydrogen-bond donors (Lipinski definition) is 3. The molecule has 0 atom stereocenters. The van der Waals surface area contributed by atoms with Crippen molar-refractivity contribution in [3.63, 3.8) is 0 Å². The standard InChI is InChI=1S/C29H36N8O2/c1-35(2)12-13-36(3)27-7-5-23(18-31-27)32-29(39)28-25-15-21(4-6-26(25)33-34-28)22-14-20(16-30-17-22)19-37-10-8-24(38)9-11-37/h4-7,14-18,24,38H,8-13,19H2,1-3H3,(H,32,39)(H,33,34). The average molecular weight is 529 g/mol. The summed E-state index contributed by atoms with van der Waals surface area (Å²) in [4.78, 5) is 28.7. The van der Waals surface area contributed by atoms with E-state index >= 15 is 0 Å². The molecule has 4 heterocycles. The zero-order chi connectivity index (χ0) is 27.4. The molecule has 0 unspecified atom stereocenters. The van der Waals surface area contributed by atoms with Gasteiger partial charge in [0.25, 0.3) is 5.91 Å². The van der Waals surface area contributed by atoms with Crippen LogP contribution in [0.25, 0.3) is 22.0 Å². The van der Waals surface area contributed by atoms with Gasteiger partial charge in [-0.05, 0) is 68.4 Å². The lowest BCUT2D eigenvalue weighted by Crippen LogP contribution is -2.35. The van der Waals surface area contributed by atoms with Gasteiger partial charge in [0.15, 0.2) is 5.69 Å². The monoisotopic (exact) mass is 528 g/mol. The smallest absolute Gasteiger partial charge is 0.276 e. The Balaban J connectivity index is 1.29. The van der Waals surface area contributed by atoms with E-state index in [1.807, 2.05) is 63.9 Å². The number of hydrogen-bond acceptors (Lipinski definition) is 8. The van der Waals surface area contributed by atoms with Crippen molar-refractivity contribution in [2.75, 3.05) is 57.5 Å². The van der Waals surface area contributed by atoms with Crippen LogP contribution in [-0.2, 0) is 6.54 Å². The lowest BCUT2D eigenvalue weighted by Gasteiger charge is -2.29. The van der Waals surface area contributed by atoms with Crippen LogP contribution in [0.4, 0.5) is 11.5 Å². The molecular formula is C29H36N8O2. The van der Waals surface area contributed by atoms with Crippen molar-refractivity contribution in [1.82, 2.24) is 30.0 Å². The molecule has 1 saturated heterocycles. The molecule has 204 valence electrons. The molecule has 0 saturated carbocycles. The van der Waals surface area contributed by atoms with Gasteiger partial charge in [-0.15, -0.1) is 0 Å². The highest BCUT2D eigenvalue weighted by Gasteiger charge is 2.18. The molecule has 10 heteroatoms. The van der Waals surface area contributed by atoms with Crippen molar-refractivity contribution < 1.29 is 9.90 Å². The predicted octanol–water partition coefficient (Wildman–Crippen LogP) is 3.23. The highest BCUT2D eigenvalue weighted by Crippen LogP contribution is 2.27. The number of rotatable bonds is 9. The van der Waals surface area contributed by atoms with Gasteiger partial charge in [-0.3, -0.25) is 19.8 Å². The van der Waals surface area contributed by atoms with E-state index < -0.39 is 0 Å². The second-order valence-electron chi connectivity index (χ2n) is 10.5. The van der Waals surface area contributed by atoms with E-state index in [1.165, 1.54) is 0 Å². The van der Waals surface area contributed by atoms with Gasteiger partial charge in [-0.2, -0.15) is 5.10 Å². The van der Waals surface area contributed by atoms with Crippen LogP contribution in [0.5, 0.6) is 0 Å². The number of aromatic amines is 1. The molecule has 10 nitrogen and oxygen atoms in total. The Morgan fingerprint density at radius 2 is 1.87 bits per heavy atom. The molecule has 1 fully saturated rings. The second kappa shape index (κ2) is 11.9. The summed E-state index contributed by atoms with van der Waals surface area (Å²) in [5.74, 6) is 0.548. The highest BCUT2D eigenvalue weighted by atomic mass is 16.3. The molecule has 1 aromatic carbocycles. The second-order valence-corrected chi connectivity index (χ2v) is 10.5. The summed E-state index contributed by atoms with van der Waals surface area (Å²) in [6, 6.07) is 11.8. The van der Waals surface area contributed by atoms with Crippen molar-refractivity contribution in [3.05, 3.63) is 66.2 Å². The topological polar surface area (TPSA) is 114 Å². The SMILES string of the molecule is CN(C)CCN(C)c1ccc(NC(=O)c2n[nH]c3ccc(-c4cncc(CN5CCC(O)CC5)c4)cc23)cn1.